The third-order valence-corrected chi connectivity index (χ3v) is 5.46. The SMILES string of the molecule is Cc1nc([C@H]2CCCN2C(=O)c2ccccn2)ccc1C(=O)NCc1ccc(F)cc1. The zero-order chi connectivity index (χ0) is 21.8. The molecule has 1 saturated heterocycles. The summed E-state index contributed by atoms with van der Waals surface area (Å²) in [6.45, 7) is 2.74. The molecule has 0 radical (unpaired) electrons. The number of hydrogen-bond acceptors (Lipinski definition) is 4. The fourth-order valence-corrected chi connectivity index (χ4v) is 3.84. The number of nitrogens with zero attached hydrogens (tertiary/aromatic N) is 3. The van der Waals surface area contributed by atoms with Gasteiger partial charge in [-0.1, -0.05) is 18.2 Å². The lowest BCUT2D eigenvalue weighted by Gasteiger charge is -2.24. The van der Waals surface area contributed by atoms with Gasteiger partial charge in [0.05, 0.1) is 23.0 Å². The van der Waals surface area contributed by atoms with Gasteiger partial charge >= 0.3 is 0 Å². The second-order valence-corrected chi connectivity index (χ2v) is 7.55. The van der Waals surface area contributed by atoms with Crippen LogP contribution in [0.5, 0.6) is 0 Å². The highest BCUT2D eigenvalue weighted by Crippen LogP contribution is 2.32. The number of carbonyl (C=O) groups is 2. The van der Waals surface area contributed by atoms with E-state index in [9.17, 15) is 14.0 Å². The summed E-state index contributed by atoms with van der Waals surface area (Å²) in [4.78, 5) is 36.1. The van der Waals surface area contributed by atoms with Crippen molar-refractivity contribution in [2.45, 2.75) is 32.4 Å². The molecule has 1 atom stereocenters. The minimum Gasteiger partial charge on any atom is -0.348 e. The van der Waals surface area contributed by atoms with Gasteiger partial charge in [-0.2, -0.15) is 0 Å². The molecule has 0 bridgehead atoms. The van der Waals surface area contributed by atoms with Gasteiger partial charge in [-0.15, -0.1) is 0 Å². The van der Waals surface area contributed by atoms with Crippen LogP contribution in [0, 0.1) is 12.7 Å². The van der Waals surface area contributed by atoms with Crippen LogP contribution >= 0.6 is 0 Å². The van der Waals surface area contributed by atoms with Crippen molar-refractivity contribution in [1.82, 2.24) is 20.2 Å². The van der Waals surface area contributed by atoms with Gasteiger partial charge in [0, 0.05) is 19.3 Å². The number of aryl methyl sites for hydroxylation is 1. The van der Waals surface area contributed by atoms with E-state index in [0.29, 0.717) is 30.0 Å². The third kappa shape index (κ3) is 4.60. The van der Waals surface area contributed by atoms with Gasteiger partial charge in [0.2, 0.25) is 0 Å². The van der Waals surface area contributed by atoms with Crippen LogP contribution in [0.1, 0.15) is 56.7 Å². The molecule has 4 rings (SSSR count). The number of amides is 2. The van der Waals surface area contributed by atoms with Crippen molar-refractivity contribution in [3.05, 3.63) is 94.8 Å². The Balaban J connectivity index is 1.46. The molecule has 1 N–H and O–H groups in total. The van der Waals surface area contributed by atoms with E-state index in [0.717, 1.165) is 24.1 Å². The fraction of sp³-hybridized carbons (Fsp3) is 0.250. The Morgan fingerprint density at radius 1 is 1.13 bits per heavy atom. The first-order chi connectivity index (χ1) is 15.0. The quantitative estimate of drug-likeness (QED) is 0.683. The lowest BCUT2D eigenvalue weighted by molar-refractivity contribution is 0.0726. The van der Waals surface area contributed by atoms with Gasteiger partial charge in [0.25, 0.3) is 11.8 Å². The molecule has 7 heteroatoms. The number of benzene rings is 1. The van der Waals surface area contributed by atoms with Gasteiger partial charge in [-0.3, -0.25) is 19.6 Å². The maximum absolute atomic E-state index is 13.0. The normalized spacial score (nSPS) is 15.7. The minimum atomic E-state index is -0.312. The molecule has 1 aliphatic heterocycles. The highest BCUT2D eigenvalue weighted by atomic mass is 19.1. The van der Waals surface area contributed by atoms with E-state index in [1.54, 1.807) is 54.4 Å². The Hall–Kier alpha value is -3.61. The monoisotopic (exact) mass is 418 g/mol. The van der Waals surface area contributed by atoms with E-state index in [1.807, 2.05) is 6.07 Å². The molecule has 6 nitrogen and oxygen atoms in total. The summed E-state index contributed by atoms with van der Waals surface area (Å²) in [6.07, 6.45) is 3.32. The smallest absolute Gasteiger partial charge is 0.273 e. The van der Waals surface area contributed by atoms with Gasteiger partial charge < -0.3 is 10.2 Å². The second kappa shape index (κ2) is 9.04. The Bertz CT molecular complexity index is 1090. The molecule has 3 heterocycles. The molecule has 2 aromatic heterocycles. The second-order valence-electron chi connectivity index (χ2n) is 7.55. The lowest BCUT2D eigenvalue weighted by atomic mass is 10.1. The van der Waals surface area contributed by atoms with Crippen molar-refractivity contribution >= 4 is 11.8 Å². The maximum atomic E-state index is 13.0. The van der Waals surface area contributed by atoms with Crippen molar-refractivity contribution in [2.24, 2.45) is 0 Å². The fourth-order valence-electron chi connectivity index (χ4n) is 3.84. The molecular weight excluding hydrogens is 395 g/mol. The minimum absolute atomic E-state index is 0.108. The number of hydrogen-bond donors (Lipinski definition) is 1. The molecule has 1 aliphatic rings. The lowest BCUT2D eigenvalue weighted by Crippen LogP contribution is -2.32. The van der Waals surface area contributed by atoms with E-state index in [2.05, 4.69) is 15.3 Å². The molecule has 1 fully saturated rings. The van der Waals surface area contributed by atoms with Crippen LogP contribution < -0.4 is 5.32 Å². The number of carbonyl (C=O) groups excluding carboxylic acids is 2. The van der Waals surface area contributed by atoms with E-state index in [4.69, 9.17) is 0 Å². The van der Waals surface area contributed by atoms with Gasteiger partial charge in [-0.25, -0.2) is 4.39 Å². The van der Waals surface area contributed by atoms with E-state index < -0.39 is 0 Å². The maximum Gasteiger partial charge on any atom is 0.273 e. The molecule has 31 heavy (non-hydrogen) atoms. The van der Waals surface area contributed by atoms with Crippen LogP contribution in [0.3, 0.4) is 0 Å². The summed E-state index contributed by atoms with van der Waals surface area (Å²) in [7, 11) is 0. The first kappa shape index (κ1) is 20.7. The molecule has 158 valence electrons. The van der Waals surface area contributed by atoms with Crippen molar-refractivity contribution in [3.63, 3.8) is 0 Å². The van der Waals surface area contributed by atoms with Crippen LogP contribution in [0.2, 0.25) is 0 Å². The number of likely N-dealkylation sites (tertiary alicyclic amines) is 1. The highest BCUT2D eigenvalue weighted by molar-refractivity contribution is 5.95. The molecule has 0 unspecified atom stereocenters. The summed E-state index contributed by atoms with van der Waals surface area (Å²) in [5.74, 6) is -0.662. The van der Waals surface area contributed by atoms with Crippen molar-refractivity contribution in [2.75, 3.05) is 6.54 Å². The van der Waals surface area contributed by atoms with E-state index in [-0.39, 0.29) is 23.7 Å². The molecular formula is C24H23FN4O2. The standard InChI is InChI=1S/C24H23FN4O2/c1-16-19(23(30)27-15-17-7-9-18(25)10-8-17)11-12-20(28-16)22-6-4-14-29(22)24(31)21-5-2-3-13-26-21/h2-3,5,7-13,22H,4,6,14-15H2,1H3,(H,27,30)/t22-/m1/s1. The molecule has 0 spiro atoms. The van der Waals surface area contributed by atoms with Crippen molar-refractivity contribution in [3.8, 4) is 0 Å². The van der Waals surface area contributed by atoms with Crippen LogP contribution in [0.4, 0.5) is 4.39 Å². The van der Waals surface area contributed by atoms with Crippen molar-refractivity contribution in [1.29, 1.82) is 0 Å². The zero-order valence-electron chi connectivity index (χ0n) is 17.2. The van der Waals surface area contributed by atoms with Crippen LogP contribution in [-0.2, 0) is 6.54 Å². The Morgan fingerprint density at radius 2 is 1.94 bits per heavy atom. The van der Waals surface area contributed by atoms with E-state index >= 15 is 0 Å². The Kier molecular flexibility index (Phi) is 6.02. The Morgan fingerprint density at radius 3 is 2.65 bits per heavy atom. The van der Waals surface area contributed by atoms with Crippen LogP contribution in [0.15, 0.2) is 60.8 Å². The molecule has 1 aromatic carbocycles. The van der Waals surface area contributed by atoms with Crippen LogP contribution in [-0.4, -0.2) is 33.2 Å². The summed E-state index contributed by atoms with van der Waals surface area (Å²) in [6, 6.07) is 14.7. The predicted molar refractivity (Wildman–Crippen MR) is 114 cm³/mol. The number of rotatable bonds is 5. The summed E-state index contributed by atoms with van der Waals surface area (Å²) in [5.41, 5.74) is 3.08. The first-order valence-electron chi connectivity index (χ1n) is 10.2. The average Bonchev–Trinajstić information content (AvgIpc) is 3.28. The number of nitrogens with one attached hydrogen (secondary N) is 1. The summed E-state index contributed by atoms with van der Waals surface area (Å²) >= 11 is 0. The molecule has 3 aromatic rings. The molecule has 0 saturated carbocycles. The number of aromatic nitrogens is 2. The van der Waals surface area contributed by atoms with Crippen molar-refractivity contribution < 1.29 is 14.0 Å². The van der Waals surface area contributed by atoms with E-state index in [1.165, 1.54) is 12.1 Å². The van der Waals surface area contributed by atoms with Gasteiger partial charge in [0.1, 0.15) is 11.5 Å². The third-order valence-electron chi connectivity index (χ3n) is 5.46. The number of pyridine rings is 2. The topological polar surface area (TPSA) is 75.2 Å². The van der Waals surface area contributed by atoms with Crippen LogP contribution in [0.25, 0.3) is 0 Å². The zero-order valence-corrected chi connectivity index (χ0v) is 17.2. The van der Waals surface area contributed by atoms with Gasteiger partial charge in [0.15, 0.2) is 0 Å². The molecule has 0 aliphatic carbocycles. The first-order valence-corrected chi connectivity index (χ1v) is 10.2. The molecule has 2 amide bonds. The predicted octanol–water partition coefficient (Wildman–Crippen LogP) is 3.83. The average molecular weight is 418 g/mol. The van der Waals surface area contributed by atoms with Gasteiger partial charge in [-0.05, 0) is 61.7 Å². The Labute approximate surface area is 180 Å². The largest absolute Gasteiger partial charge is 0.348 e. The summed E-state index contributed by atoms with van der Waals surface area (Å²) in [5, 5.41) is 2.84. The number of halogens is 1. The summed E-state index contributed by atoms with van der Waals surface area (Å²) < 4.78 is 13.0. The highest BCUT2D eigenvalue weighted by Gasteiger charge is 2.32.